The lowest BCUT2D eigenvalue weighted by atomic mass is 9.83. The number of hydrogen-bond acceptors (Lipinski definition) is 4. The van der Waals surface area contributed by atoms with Crippen LogP contribution in [0.3, 0.4) is 0 Å². The van der Waals surface area contributed by atoms with Crippen LogP contribution in [0.1, 0.15) is 73.7 Å². The zero-order valence-corrected chi connectivity index (χ0v) is 18.5. The standard InChI is InChI=1S/C24H35N3O4/c1-2-19-15-25-11-13-27(19)23(28)18-8-9-22(21(14-18)17-6-4-3-5-7-17)31-20-10-12-26(16-20)24(29)30/h8-9,14,17,19-20,25H,2-7,10-13,15-16H2,1H3,(H,29,30)/t19-,20?/m0/s1. The zero-order valence-electron chi connectivity index (χ0n) is 18.5. The summed E-state index contributed by atoms with van der Waals surface area (Å²) in [7, 11) is 0. The molecular weight excluding hydrogens is 394 g/mol. The molecule has 0 bridgehead atoms. The van der Waals surface area contributed by atoms with Crippen molar-refractivity contribution in [3.8, 4) is 5.75 Å². The number of benzene rings is 1. The van der Waals surface area contributed by atoms with E-state index in [1.807, 2.05) is 17.0 Å². The fourth-order valence-corrected chi connectivity index (χ4v) is 5.26. The summed E-state index contributed by atoms with van der Waals surface area (Å²) in [5.74, 6) is 1.33. The van der Waals surface area contributed by atoms with Crippen molar-refractivity contribution in [1.82, 2.24) is 15.1 Å². The Morgan fingerprint density at radius 2 is 1.97 bits per heavy atom. The van der Waals surface area contributed by atoms with Gasteiger partial charge in [0.2, 0.25) is 0 Å². The van der Waals surface area contributed by atoms with Gasteiger partial charge < -0.3 is 25.0 Å². The van der Waals surface area contributed by atoms with Crippen LogP contribution in [-0.2, 0) is 0 Å². The van der Waals surface area contributed by atoms with E-state index in [4.69, 9.17) is 4.74 Å². The number of carbonyl (C=O) groups is 2. The van der Waals surface area contributed by atoms with Crippen LogP contribution < -0.4 is 10.1 Å². The van der Waals surface area contributed by atoms with Gasteiger partial charge in [-0.3, -0.25) is 4.79 Å². The monoisotopic (exact) mass is 429 g/mol. The van der Waals surface area contributed by atoms with Crippen LogP contribution in [-0.4, -0.2) is 71.8 Å². The molecule has 1 aliphatic carbocycles. The van der Waals surface area contributed by atoms with Gasteiger partial charge in [-0.15, -0.1) is 0 Å². The third-order valence-corrected chi connectivity index (χ3v) is 7.09. The summed E-state index contributed by atoms with van der Waals surface area (Å²) >= 11 is 0. The lowest BCUT2D eigenvalue weighted by molar-refractivity contribution is 0.0630. The SMILES string of the molecule is CC[C@H]1CNCCN1C(=O)c1ccc(OC2CCN(C(=O)O)C2)c(C2CCCCC2)c1. The smallest absolute Gasteiger partial charge is 0.407 e. The van der Waals surface area contributed by atoms with Gasteiger partial charge in [0.1, 0.15) is 11.9 Å². The van der Waals surface area contributed by atoms with Gasteiger partial charge in [0.15, 0.2) is 0 Å². The van der Waals surface area contributed by atoms with Crippen LogP contribution in [0.2, 0.25) is 0 Å². The molecule has 31 heavy (non-hydrogen) atoms. The largest absolute Gasteiger partial charge is 0.488 e. The van der Waals surface area contributed by atoms with Gasteiger partial charge >= 0.3 is 6.09 Å². The van der Waals surface area contributed by atoms with E-state index in [9.17, 15) is 14.7 Å². The topological polar surface area (TPSA) is 82.1 Å². The van der Waals surface area contributed by atoms with Crippen molar-refractivity contribution in [3.05, 3.63) is 29.3 Å². The number of ether oxygens (including phenoxy) is 1. The molecule has 7 nitrogen and oxygen atoms in total. The number of amides is 2. The fourth-order valence-electron chi connectivity index (χ4n) is 5.26. The van der Waals surface area contributed by atoms with Crippen molar-refractivity contribution in [2.75, 3.05) is 32.7 Å². The molecule has 2 N–H and O–H groups in total. The first-order chi connectivity index (χ1) is 15.1. The Balaban J connectivity index is 1.57. The van der Waals surface area contributed by atoms with Crippen molar-refractivity contribution in [2.45, 2.75) is 69.9 Å². The molecular formula is C24H35N3O4. The quantitative estimate of drug-likeness (QED) is 0.746. The van der Waals surface area contributed by atoms with Crippen molar-refractivity contribution >= 4 is 12.0 Å². The molecule has 1 aromatic carbocycles. The minimum atomic E-state index is -0.888. The second kappa shape index (κ2) is 9.90. The highest BCUT2D eigenvalue weighted by Crippen LogP contribution is 2.39. The van der Waals surface area contributed by atoms with Crippen molar-refractivity contribution in [3.63, 3.8) is 0 Å². The molecule has 2 amide bonds. The predicted octanol–water partition coefficient (Wildman–Crippen LogP) is 3.69. The number of likely N-dealkylation sites (tertiary alicyclic amines) is 1. The first kappa shape index (κ1) is 21.9. The number of piperazine rings is 1. The van der Waals surface area contributed by atoms with Gasteiger partial charge in [0.05, 0.1) is 6.54 Å². The molecule has 4 rings (SSSR count). The first-order valence-electron chi connectivity index (χ1n) is 11.9. The zero-order chi connectivity index (χ0) is 21.8. The molecule has 0 radical (unpaired) electrons. The Labute approximate surface area is 184 Å². The van der Waals surface area contributed by atoms with E-state index in [-0.39, 0.29) is 18.1 Å². The molecule has 2 saturated heterocycles. The number of nitrogens with one attached hydrogen (secondary N) is 1. The molecule has 2 heterocycles. The second-order valence-electron chi connectivity index (χ2n) is 9.11. The maximum atomic E-state index is 13.4. The van der Waals surface area contributed by atoms with E-state index in [1.165, 1.54) is 24.2 Å². The van der Waals surface area contributed by atoms with E-state index < -0.39 is 6.09 Å². The number of nitrogens with zero attached hydrogens (tertiary/aromatic N) is 2. The average Bonchev–Trinajstić information content (AvgIpc) is 3.28. The van der Waals surface area contributed by atoms with Crippen LogP contribution >= 0.6 is 0 Å². The highest BCUT2D eigenvalue weighted by Gasteiger charge is 2.30. The Bertz CT molecular complexity index is 793. The normalized spacial score (nSPS) is 24.9. The number of carbonyl (C=O) groups excluding carboxylic acids is 1. The van der Waals surface area contributed by atoms with Crippen LogP contribution in [0, 0.1) is 0 Å². The highest BCUT2D eigenvalue weighted by atomic mass is 16.5. The molecule has 1 saturated carbocycles. The van der Waals surface area contributed by atoms with E-state index in [1.54, 1.807) is 0 Å². The van der Waals surface area contributed by atoms with Crippen LogP contribution in [0.15, 0.2) is 18.2 Å². The average molecular weight is 430 g/mol. The maximum absolute atomic E-state index is 13.4. The molecule has 1 aromatic rings. The van der Waals surface area contributed by atoms with Gasteiger partial charge in [-0.1, -0.05) is 26.2 Å². The van der Waals surface area contributed by atoms with E-state index in [0.29, 0.717) is 25.4 Å². The summed E-state index contributed by atoms with van der Waals surface area (Å²) in [5, 5.41) is 12.6. The summed E-state index contributed by atoms with van der Waals surface area (Å²) in [6.45, 7) is 5.46. The molecule has 7 heteroatoms. The minimum absolute atomic E-state index is 0.106. The van der Waals surface area contributed by atoms with Gasteiger partial charge in [-0.25, -0.2) is 4.79 Å². The predicted molar refractivity (Wildman–Crippen MR) is 119 cm³/mol. The van der Waals surface area contributed by atoms with E-state index in [0.717, 1.165) is 55.8 Å². The fraction of sp³-hybridized carbons (Fsp3) is 0.667. The van der Waals surface area contributed by atoms with Gasteiger partial charge in [0.25, 0.3) is 5.91 Å². The summed E-state index contributed by atoms with van der Waals surface area (Å²) in [6, 6.07) is 6.13. The minimum Gasteiger partial charge on any atom is -0.488 e. The lowest BCUT2D eigenvalue weighted by Gasteiger charge is -2.36. The maximum Gasteiger partial charge on any atom is 0.407 e. The third kappa shape index (κ3) is 4.97. The Hall–Kier alpha value is -2.28. The van der Waals surface area contributed by atoms with Crippen LogP contribution in [0.5, 0.6) is 5.75 Å². The molecule has 2 atom stereocenters. The Morgan fingerprint density at radius 3 is 2.68 bits per heavy atom. The Morgan fingerprint density at radius 1 is 1.16 bits per heavy atom. The van der Waals surface area contributed by atoms with Gasteiger partial charge in [0, 0.05) is 44.2 Å². The first-order valence-corrected chi connectivity index (χ1v) is 11.9. The van der Waals surface area contributed by atoms with Gasteiger partial charge in [-0.05, 0) is 48.9 Å². The molecule has 3 aliphatic rings. The van der Waals surface area contributed by atoms with Crippen molar-refractivity contribution in [2.24, 2.45) is 0 Å². The summed E-state index contributed by atoms with van der Waals surface area (Å²) in [4.78, 5) is 28.0. The molecule has 0 aromatic heterocycles. The van der Waals surface area contributed by atoms with E-state index in [2.05, 4.69) is 18.3 Å². The molecule has 1 unspecified atom stereocenters. The van der Waals surface area contributed by atoms with Crippen molar-refractivity contribution in [1.29, 1.82) is 0 Å². The number of carboxylic acid groups (broad SMARTS) is 1. The highest BCUT2D eigenvalue weighted by molar-refractivity contribution is 5.95. The molecule has 2 aliphatic heterocycles. The van der Waals surface area contributed by atoms with Gasteiger partial charge in [-0.2, -0.15) is 0 Å². The number of hydrogen-bond donors (Lipinski definition) is 2. The number of rotatable bonds is 5. The van der Waals surface area contributed by atoms with Crippen molar-refractivity contribution < 1.29 is 19.4 Å². The molecule has 170 valence electrons. The lowest BCUT2D eigenvalue weighted by Crippen LogP contribution is -2.53. The molecule has 0 spiro atoms. The van der Waals surface area contributed by atoms with Crippen LogP contribution in [0.4, 0.5) is 4.79 Å². The Kier molecular flexibility index (Phi) is 7.00. The molecule has 3 fully saturated rings. The summed E-state index contributed by atoms with van der Waals surface area (Å²) < 4.78 is 6.32. The second-order valence-corrected chi connectivity index (χ2v) is 9.11. The van der Waals surface area contributed by atoms with E-state index >= 15 is 0 Å². The summed E-state index contributed by atoms with van der Waals surface area (Å²) in [5.41, 5.74) is 1.87. The third-order valence-electron chi connectivity index (χ3n) is 7.09. The van der Waals surface area contributed by atoms with Crippen LogP contribution in [0.25, 0.3) is 0 Å². The summed E-state index contributed by atoms with van der Waals surface area (Å²) in [6.07, 6.45) is 6.53.